The zero-order chi connectivity index (χ0) is 19.8. The predicted molar refractivity (Wildman–Crippen MR) is 82.8 cm³/mol. The molecular weight excluding hydrogens is 361 g/mol. The summed E-state index contributed by atoms with van der Waals surface area (Å²) in [7, 11) is 0. The normalized spacial score (nSPS) is 12.7. The minimum Gasteiger partial charge on any atom is -0.367 e. The summed E-state index contributed by atoms with van der Waals surface area (Å²) >= 11 is 0. The molecule has 0 aliphatic carbocycles. The minimum absolute atomic E-state index is 0.259. The zero-order valence-electron chi connectivity index (χ0n) is 13.7. The van der Waals surface area contributed by atoms with Gasteiger partial charge in [0.1, 0.15) is 5.76 Å². The summed E-state index contributed by atoms with van der Waals surface area (Å²) in [4.78, 5) is 20.2. The van der Waals surface area contributed by atoms with Gasteiger partial charge in [-0.05, 0) is 20.8 Å². The number of nitrogens with zero attached hydrogens (tertiary/aromatic N) is 3. The van der Waals surface area contributed by atoms with E-state index in [2.05, 4.69) is 10.5 Å². The van der Waals surface area contributed by atoms with Crippen LogP contribution >= 0.6 is 0 Å². The SMILES string of the molecule is Cc1noc(C)c1C(C)Nc1c([N+](=O)[O-])cc(C(F)(F)F)cc1[N+](=O)[O-]. The van der Waals surface area contributed by atoms with Crippen molar-refractivity contribution in [1.29, 1.82) is 0 Å². The first-order valence-electron chi connectivity index (χ1n) is 7.16. The van der Waals surface area contributed by atoms with Crippen molar-refractivity contribution in [3.63, 3.8) is 0 Å². The molecule has 140 valence electrons. The summed E-state index contributed by atoms with van der Waals surface area (Å²) < 4.78 is 43.7. The van der Waals surface area contributed by atoms with Gasteiger partial charge in [-0.2, -0.15) is 13.2 Å². The van der Waals surface area contributed by atoms with Gasteiger partial charge in [0.2, 0.25) is 0 Å². The Kier molecular flexibility index (Phi) is 4.87. The third-order valence-electron chi connectivity index (χ3n) is 3.70. The summed E-state index contributed by atoms with van der Waals surface area (Å²) in [5.41, 5.74) is -3.27. The van der Waals surface area contributed by atoms with Crippen molar-refractivity contribution in [2.45, 2.75) is 33.0 Å². The van der Waals surface area contributed by atoms with Crippen molar-refractivity contribution in [1.82, 2.24) is 5.16 Å². The molecule has 0 aliphatic heterocycles. The van der Waals surface area contributed by atoms with Gasteiger partial charge in [0.25, 0.3) is 11.4 Å². The molecule has 0 bridgehead atoms. The van der Waals surface area contributed by atoms with Crippen LogP contribution in [-0.2, 0) is 6.18 Å². The Labute approximate surface area is 144 Å². The highest BCUT2D eigenvalue weighted by Crippen LogP contribution is 2.42. The molecule has 0 spiro atoms. The van der Waals surface area contributed by atoms with E-state index in [0.29, 0.717) is 17.0 Å². The number of aryl methyl sites for hydroxylation is 2. The number of aromatic nitrogens is 1. The third kappa shape index (κ3) is 3.58. The van der Waals surface area contributed by atoms with Gasteiger partial charge in [0, 0.05) is 17.7 Å². The second-order valence-electron chi connectivity index (χ2n) is 5.51. The van der Waals surface area contributed by atoms with Crippen LogP contribution < -0.4 is 5.32 Å². The standard InChI is InChI=1S/C14H13F3N4O5/c1-6(12-7(2)19-26-8(12)3)18-13-10(20(22)23)4-9(14(15,16)17)5-11(13)21(24)25/h4-6,18H,1-3H3. The number of hydrogen-bond acceptors (Lipinski definition) is 7. The van der Waals surface area contributed by atoms with E-state index >= 15 is 0 Å². The van der Waals surface area contributed by atoms with Gasteiger partial charge in [-0.1, -0.05) is 5.16 Å². The fourth-order valence-electron chi connectivity index (χ4n) is 2.61. The van der Waals surface area contributed by atoms with Crippen LogP contribution in [0.5, 0.6) is 0 Å². The number of alkyl halides is 3. The fraction of sp³-hybridized carbons (Fsp3) is 0.357. The van der Waals surface area contributed by atoms with E-state index in [-0.39, 0.29) is 12.1 Å². The van der Waals surface area contributed by atoms with E-state index < -0.39 is 44.7 Å². The van der Waals surface area contributed by atoms with Gasteiger partial charge in [-0.3, -0.25) is 20.2 Å². The Morgan fingerprint density at radius 3 is 2.00 bits per heavy atom. The maximum Gasteiger partial charge on any atom is 0.416 e. The van der Waals surface area contributed by atoms with Crippen LogP contribution in [0.25, 0.3) is 0 Å². The largest absolute Gasteiger partial charge is 0.416 e. The maximum absolute atomic E-state index is 12.9. The van der Waals surface area contributed by atoms with E-state index in [1.54, 1.807) is 13.8 Å². The molecule has 2 aromatic rings. The molecule has 0 aliphatic rings. The molecule has 2 rings (SSSR count). The summed E-state index contributed by atoms with van der Waals surface area (Å²) in [6, 6.07) is -0.222. The molecule has 0 radical (unpaired) electrons. The van der Waals surface area contributed by atoms with Gasteiger partial charge in [0.15, 0.2) is 5.69 Å². The van der Waals surface area contributed by atoms with Crippen LogP contribution in [0.3, 0.4) is 0 Å². The Morgan fingerprint density at radius 2 is 1.65 bits per heavy atom. The molecule has 26 heavy (non-hydrogen) atoms. The molecule has 1 heterocycles. The Morgan fingerprint density at radius 1 is 1.15 bits per heavy atom. The molecule has 1 aromatic carbocycles. The topological polar surface area (TPSA) is 124 Å². The number of benzene rings is 1. The number of rotatable bonds is 5. The molecule has 1 aromatic heterocycles. The first-order valence-corrected chi connectivity index (χ1v) is 7.16. The number of nitro benzene ring substituents is 2. The second-order valence-corrected chi connectivity index (χ2v) is 5.51. The third-order valence-corrected chi connectivity index (χ3v) is 3.70. The Bertz CT molecular complexity index is 823. The van der Waals surface area contributed by atoms with Gasteiger partial charge in [-0.15, -0.1) is 0 Å². The maximum atomic E-state index is 12.9. The van der Waals surface area contributed by atoms with E-state index in [4.69, 9.17) is 4.52 Å². The second kappa shape index (κ2) is 6.61. The highest BCUT2D eigenvalue weighted by molar-refractivity contribution is 5.75. The smallest absolute Gasteiger partial charge is 0.367 e. The molecular formula is C14H13F3N4O5. The lowest BCUT2D eigenvalue weighted by molar-refractivity contribution is -0.392. The van der Waals surface area contributed by atoms with Crippen molar-refractivity contribution in [2.75, 3.05) is 5.32 Å². The molecule has 12 heteroatoms. The van der Waals surface area contributed by atoms with Crippen LogP contribution in [-0.4, -0.2) is 15.0 Å². The Hall–Kier alpha value is -3.18. The fourth-order valence-corrected chi connectivity index (χ4v) is 2.61. The summed E-state index contributed by atoms with van der Waals surface area (Å²) in [6.45, 7) is 4.69. The molecule has 1 N–H and O–H groups in total. The highest BCUT2D eigenvalue weighted by atomic mass is 19.4. The average molecular weight is 374 g/mol. The number of hydrogen-bond donors (Lipinski definition) is 1. The van der Waals surface area contributed by atoms with E-state index in [1.165, 1.54) is 6.92 Å². The van der Waals surface area contributed by atoms with Crippen LogP contribution in [0.1, 0.15) is 35.5 Å². The minimum atomic E-state index is -4.97. The molecule has 1 atom stereocenters. The summed E-state index contributed by atoms with van der Waals surface area (Å²) in [5, 5.41) is 28.7. The van der Waals surface area contributed by atoms with Gasteiger partial charge in [-0.25, -0.2) is 0 Å². The van der Waals surface area contributed by atoms with Crippen LogP contribution in [0, 0.1) is 34.1 Å². The number of nitrogens with one attached hydrogen (secondary N) is 1. The molecule has 1 unspecified atom stereocenters. The summed E-state index contributed by atoms with van der Waals surface area (Å²) in [5.74, 6) is 0.375. The molecule has 0 fully saturated rings. The number of anilines is 1. The highest BCUT2D eigenvalue weighted by Gasteiger charge is 2.38. The number of nitro groups is 2. The summed E-state index contributed by atoms with van der Waals surface area (Å²) in [6.07, 6.45) is -4.97. The lowest BCUT2D eigenvalue weighted by Gasteiger charge is -2.16. The lowest BCUT2D eigenvalue weighted by Crippen LogP contribution is -2.14. The average Bonchev–Trinajstić information content (AvgIpc) is 2.84. The van der Waals surface area contributed by atoms with E-state index in [1.807, 2.05) is 0 Å². The van der Waals surface area contributed by atoms with Gasteiger partial charge in [0.05, 0.1) is 27.1 Å². The Balaban J connectivity index is 2.63. The zero-order valence-corrected chi connectivity index (χ0v) is 13.7. The quantitative estimate of drug-likeness (QED) is 0.611. The number of halogens is 3. The predicted octanol–water partition coefficient (Wildman–Crippen LogP) is 4.30. The van der Waals surface area contributed by atoms with Gasteiger partial charge < -0.3 is 9.84 Å². The molecule has 0 amide bonds. The van der Waals surface area contributed by atoms with Crippen molar-refractivity contribution < 1.29 is 27.5 Å². The molecule has 0 saturated heterocycles. The van der Waals surface area contributed by atoms with E-state index in [0.717, 1.165) is 0 Å². The van der Waals surface area contributed by atoms with Crippen molar-refractivity contribution >= 4 is 17.1 Å². The van der Waals surface area contributed by atoms with Crippen molar-refractivity contribution in [2.24, 2.45) is 0 Å². The van der Waals surface area contributed by atoms with E-state index in [9.17, 15) is 33.4 Å². The lowest BCUT2D eigenvalue weighted by atomic mass is 10.0. The molecule has 0 saturated carbocycles. The molecule has 9 nitrogen and oxygen atoms in total. The van der Waals surface area contributed by atoms with Crippen LogP contribution in [0.15, 0.2) is 16.7 Å². The monoisotopic (exact) mass is 374 g/mol. The van der Waals surface area contributed by atoms with Crippen molar-refractivity contribution in [3.05, 3.63) is 54.9 Å². The van der Waals surface area contributed by atoms with Crippen molar-refractivity contribution in [3.8, 4) is 0 Å². The first kappa shape index (κ1) is 19.1. The van der Waals surface area contributed by atoms with Crippen LogP contribution in [0.4, 0.5) is 30.2 Å². The van der Waals surface area contributed by atoms with Gasteiger partial charge >= 0.3 is 6.18 Å². The van der Waals surface area contributed by atoms with Crippen LogP contribution in [0.2, 0.25) is 0 Å². The first-order chi connectivity index (χ1) is 11.9.